The fourth-order valence-corrected chi connectivity index (χ4v) is 3.80. The van der Waals surface area contributed by atoms with Crippen LogP contribution in [0.4, 0.5) is 0 Å². The molecule has 0 radical (unpaired) electrons. The summed E-state index contributed by atoms with van der Waals surface area (Å²) < 4.78 is 15.9. The maximum atomic E-state index is 13.3. The predicted molar refractivity (Wildman–Crippen MR) is 122 cm³/mol. The highest BCUT2D eigenvalue weighted by atomic mass is 16.5. The average Bonchev–Trinajstić information content (AvgIpc) is 3.45. The van der Waals surface area contributed by atoms with Crippen molar-refractivity contribution < 1.29 is 9.47 Å². The van der Waals surface area contributed by atoms with E-state index in [1.54, 1.807) is 34.8 Å². The molecule has 5 aromatic rings. The molecule has 0 aliphatic rings. The molecule has 10 nitrogen and oxygen atoms in total. The molecule has 0 bridgehead atoms. The van der Waals surface area contributed by atoms with Gasteiger partial charge in [-0.05, 0) is 31.2 Å². The molecule has 0 aliphatic heterocycles. The van der Waals surface area contributed by atoms with Crippen LogP contribution in [0.1, 0.15) is 18.8 Å². The van der Waals surface area contributed by atoms with Crippen molar-refractivity contribution >= 4 is 16.6 Å². The molecule has 10 heteroatoms. The van der Waals surface area contributed by atoms with E-state index in [-0.39, 0.29) is 11.6 Å². The zero-order chi connectivity index (χ0) is 22.9. The molecule has 0 unspecified atom stereocenters. The van der Waals surface area contributed by atoms with Crippen LogP contribution >= 0.6 is 0 Å². The first-order chi connectivity index (χ1) is 16.0. The lowest BCUT2D eigenvalue weighted by atomic mass is 10.1. The second-order valence-electron chi connectivity index (χ2n) is 7.76. The number of aromatic nitrogens is 7. The average molecular weight is 445 g/mol. The van der Waals surface area contributed by atoms with Gasteiger partial charge in [0.1, 0.15) is 12.4 Å². The molecule has 0 spiro atoms. The summed E-state index contributed by atoms with van der Waals surface area (Å²) in [7, 11) is 3.49. The van der Waals surface area contributed by atoms with E-state index in [0.717, 1.165) is 11.1 Å². The Morgan fingerprint density at radius 3 is 2.73 bits per heavy atom. The van der Waals surface area contributed by atoms with Crippen molar-refractivity contribution in [2.45, 2.75) is 13.0 Å². The Bertz CT molecular complexity index is 1500. The minimum Gasteiger partial charge on any atom is -0.490 e. The number of pyridine rings is 3. The Hall–Kier alpha value is -4.05. The summed E-state index contributed by atoms with van der Waals surface area (Å²) in [5, 5.41) is 13.4. The smallest absolute Gasteiger partial charge is 0.260 e. The summed E-state index contributed by atoms with van der Waals surface area (Å²) in [6.07, 6.45) is 9.06. The molecule has 0 saturated heterocycles. The molecule has 5 rings (SSSR count). The summed E-state index contributed by atoms with van der Waals surface area (Å²) >= 11 is 0. The van der Waals surface area contributed by atoms with Crippen LogP contribution in [0.2, 0.25) is 0 Å². The van der Waals surface area contributed by atoms with Gasteiger partial charge in [0.2, 0.25) is 0 Å². The number of fused-ring (bicyclic) bond motifs is 2. The highest BCUT2D eigenvalue weighted by molar-refractivity contribution is 5.78. The minimum absolute atomic E-state index is 0.176. The van der Waals surface area contributed by atoms with E-state index in [2.05, 4.69) is 20.3 Å². The first kappa shape index (κ1) is 20.8. The number of ether oxygens (including phenoxy) is 2. The molecule has 0 amide bonds. The van der Waals surface area contributed by atoms with Crippen LogP contribution in [-0.4, -0.2) is 54.3 Å². The Balaban J connectivity index is 1.54. The largest absolute Gasteiger partial charge is 0.490 e. The summed E-state index contributed by atoms with van der Waals surface area (Å²) in [6.45, 7) is 2.76. The summed E-state index contributed by atoms with van der Waals surface area (Å²) in [5.41, 5.74) is 3.10. The van der Waals surface area contributed by atoms with Crippen molar-refractivity contribution in [1.82, 2.24) is 33.9 Å². The van der Waals surface area contributed by atoms with E-state index in [1.165, 1.54) is 0 Å². The van der Waals surface area contributed by atoms with Crippen molar-refractivity contribution in [3.05, 3.63) is 71.4 Å². The quantitative estimate of drug-likeness (QED) is 0.355. The number of hydrogen-bond donors (Lipinski definition) is 0. The SMILES string of the molecule is COCCOc1cnc2ccn([C@H](C)c3nnc4ccc(-c5cnn(C)c5)cn34)c(=O)c2c1. The third-order valence-corrected chi connectivity index (χ3v) is 5.57. The Labute approximate surface area is 189 Å². The molecule has 0 fully saturated rings. The fourth-order valence-electron chi connectivity index (χ4n) is 3.80. The van der Waals surface area contributed by atoms with Crippen LogP contribution in [0.5, 0.6) is 5.75 Å². The van der Waals surface area contributed by atoms with Gasteiger partial charge in [-0.25, -0.2) is 0 Å². The van der Waals surface area contributed by atoms with Crippen molar-refractivity contribution in [2.75, 3.05) is 20.3 Å². The molecule has 0 saturated carbocycles. The first-order valence-corrected chi connectivity index (χ1v) is 10.5. The van der Waals surface area contributed by atoms with Crippen LogP contribution < -0.4 is 10.3 Å². The van der Waals surface area contributed by atoms with Crippen LogP contribution in [0.3, 0.4) is 0 Å². The van der Waals surface area contributed by atoms with E-state index in [9.17, 15) is 4.79 Å². The molecule has 5 aromatic heterocycles. The van der Waals surface area contributed by atoms with Gasteiger partial charge in [0.05, 0.1) is 35.9 Å². The Kier molecular flexibility index (Phi) is 5.35. The Morgan fingerprint density at radius 1 is 1.06 bits per heavy atom. The number of aryl methyl sites for hydroxylation is 1. The van der Waals surface area contributed by atoms with Gasteiger partial charge in [0, 0.05) is 43.9 Å². The lowest BCUT2D eigenvalue weighted by Crippen LogP contribution is -2.25. The van der Waals surface area contributed by atoms with E-state index in [0.29, 0.717) is 41.3 Å². The predicted octanol–water partition coefficient (Wildman–Crippen LogP) is 2.47. The normalized spacial score (nSPS) is 12.5. The minimum atomic E-state index is -0.362. The number of nitrogens with zero attached hydrogens (tertiary/aromatic N) is 7. The Morgan fingerprint density at radius 2 is 1.94 bits per heavy atom. The third-order valence-electron chi connectivity index (χ3n) is 5.57. The van der Waals surface area contributed by atoms with Crippen molar-refractivity contribution in [2.24, 2.45) is 7.05 Å². The van der Waals surface area contributed by atoms with Gasteiger partial charge < -0.3 is 14.0 Å². The van der Waals surface area contributed by atoms with Crippen LogP contribution in [0.25, 0.3) is 27.7 Å². The molecule has 0 aromatic carbocycles. The zero-order valence-electron chi connectivity index (χ0n) is 18.5. The zero-order valence-corrected chi connectivity index (χ0v) is 18.5. The van der Waals surface area contributed by atoms with Gasteiger partial charge >= 0.3 is 0 Å². The number of rotatable bonds is 7. The van der Waals surface area contributed by atoms with Crippen LogP contribution in [0, 0.1) is 0 Å². The van der Waals surface area contributed by atoms with Gasteiger partial charge in [0.15, 0.2) is 11.5 Å². The maximum Gasteiger partial charge on any atom is 0.260 e. The highest BCUT2D eigenvalue weighted by Crippen LogP contribution is 2.23. The fraction of sp³-hybridized carbons (Fsp3) is 0.261. The molecule has 33 heavy (non-hydrogen) atoms. The van der Waals surface area contributed by atoms with Crippen LogP contribution in [0.15, 0.2) is 60.0 Å². The lowest BCUT2D eigenvalue weighted by molar-refractivity contribution is 0.146. The molecular weight excluding hydrogens is 422 g/mol. The molecule has 1 atom stereocenters. The van der Waals surface area contributed by atoms with E-state index < -0.39 is 0 Å². The first-order valence-electron chi connectivity index (χ1n) is 10.5. The third kappa shape index (κ3) is 3.85. The molecule has 168 valence electrons. The van der Waals surface area contributed by atoms with E-state index in [1.807, 2.05) is 55.2 Å². The second kappa shape index (κ2) is 8.47. The number of methoxy groups -OCH3 is 1. The highest BCUT2D eigenvalue weighted by Gasteiger charge is 2.18. The van der Waals surface area contributed by atoms with Crippen molar-refractivity contribution in [3.8, 4) is 16.9 Å². The lowest BCUT2D eigenvalue weighted by Gasteiger charge is -2.15. The van der Waals surface area contributed by atoms with Gasteiger partial charge in [-0.15, -0.1) is 10.2 Å². The van der Waals surface area contributed by atoms with Crippen molar-refractivity contribution in [1.29, 1.82) is 0 Å². The number of hydrogen-bond acceptors (Lipinski definition) is 7. The molecular formula is C23H23N7O3. The molecule has 5 heterocycles. The van der Waals surface area contributed by atoms with Crippen LogP contribution in [-0.2, 0) is 11.8 Å². The standard InChI is InChI=1S/C23H23N7O3/c1-15(22-27-26-21-5-4-16(14-30(21)22)17-11-25-28(2)13-17)29-7-6-20-19(23(29)31)10-18(12-24-20)33-9-8-32-3/h4-7,10-15H,8-9H2,1-3H3/t15-/m1/s1. The van der Waals surface area contributed by atoms with Gasteiger partial charge in [-0.2, -0.15) is 5.10 Å². The molecule has 0 aliphatic carbocycles. The molecule has 0 N–H and O–H groups in total. The second-order valence-corrected chi connectivity index (χ2v) is 7.76. The summed E-state index contributed by atoms with van der Waals surface area (Å²) in [5.74, 6) is 1.17. The van der Waals surface area contributed by atoms with Crippen molar-refractivity contribution in [3.63, 3.8) is 0 Å². The summed E-state index contributed by atoms with van der Waals surface area (Å²) in [4.78, 5) is 17.7. The summed E-state index contributed by atoms with van der Waals surface area (Å²) in [6, 6.07) is 7.05. The van der Waals surface area contributed by atoms with Gasteiger partial charge in [0.25, 0.3) is 5.56 Å². The maximum absolute atomic E-state index is 13.3. The van der Waals surface area contributed by atoms with E-state index in [4.69, 9.17) is 9.47 Å². The van der Waals surface area contributed by atoms with E-state index >= 15 is 0 Å². The van der Waals surface area contributed by atoms with Gasteiger partial charge in [-0.3, -0.25) is 18.9 Å². The van der Waals surface area contributed by atoms with Gasteiger partial charge in [-0.1, -0.05) is 0 Å². The topological polar surface area (TPSA) is 101 Å². The monoisotopic (exact) mass is 445 g/mol.